The molecule has 0 rings (SSSR count). The van der Waals surface area contributed by atoms with Gasteiger partial charge in [-0.2, -0.15) is 0 Å². The maximum Gasteiger partial charge on any atom is 0.00979 e. The lowest BCUT2D eigenvalue weighted by molar-refractivity contribution is 0.101. The molecule has 0 saturated carbocycles. The number of rotatable bonds is 9. The normalized spacial score (nSPS) is 17.4. The Morgan fingerprint density at radius 2 is 1.56 bits per heavy atom. The van der Waals surface area contributed by atoms with Crippen molar-refractivity contribution in [1.82, 2.24) is 0 Å². The third-order valence-corrected chi connectivity index (χ3v) is 4.20. The standard InChI is InChI=1S/C15H33N/c1-6-9-12-15(11-8-3,13(4)5)14(16)10-7-2/h13-14H,6-12,16H2,1-5H3. The Kier molecular flexibility index (Phi) is 8.09. The lowest BCUT2D eigenvalue weighted by Crippen LogP contribution is -2.45. The molecule has 0 aliphatic rings. The van der Waals surface area contributed by atoms with Gasteiger partial charge in [-0.1, -0.05) is 60.3 Å². The van der Waals surface area contributed by atoms with E-state index in [2.05, 4.69) is 34.6 Å². The zero-order valence-corrected chi connectivity index (χ0v) is 12.2. The van der Waals surface area contributed by atoms with Gasteiger partial charge in [0.15, 0.2) is 0 Å². The SMILES string of the molecule is CCCCC(CCC)(C(C)C)C(N)CCC. The third-order valence-electron chi connectivity index (χ3n) is 4.20. The van der Waals surface area contributed by atoms with Crippen molar-refractivity contribution in [1.29, 1.82) is 0 Å². The second-order valence-corrected chi connectivity index (χ2v) is 5.64. The second kappa shape index (κ2) is 8.11. The first kappa shape index (κ1) is 16.0. The first-order chi connectivity index (χ1) is 7.55. The van der Waals surface area contributed by atoms with Gasteiger partial charge in [0.1, 0.15) is 0 Å². The van der Waals surface area contributed by atoms with Crippen molar-refractivity contribution in [3.63, 3.8) is 0 Å². The molecule has 0 radical (unpaired) electrons. The van der Waals surface area contributed by atoms with Crippen LogP contribution in [0.15, 0.2) is 0 Å². The van der Waals surface area contributed by atoms with Gasteiger partial charge in [0.05, 0.1) is 0 Å². The van der Waals surface area contributed by atoms with Crippen molar-refractivity contribution in [2.75, 3.05) is 0 Å². The molecule has 0 aromatic rings. The summed E-state index contributed by atoms with van der Waals surface area (Å²) >= 11 is 0. The molecule has 2 unspecified atom stereocenters. The van der Waals surface area contributed by atoms with Crippen LogP contribution < -0.4 is 5.73 Å². The van der Waals surface area contributed by atoms with Gasteiger partial charge in [0, 0.05) is 6.04 Å². The molecule has 0 saturated heterocycles. The van der Waals surface area contributed by atoms with Gasteiger partial charge in [-0.3, -0.25) is 0 Å². The molecular formula is C15H33N. The largest absolute Gasteiger partial charge is 0.327 e. The van der Waals surface area contributed by atoms with Crippen molar-refractivity contribution in [3.8, 4) is 0 Å². The van der Waals surface area contributed by atoms with Crippen LogP contribution in [0.1, 0.15) is 79.6 Å². The van der Waals surface area contributed by atoms with E-state index in [0.29, 0.717) is 17.4 Å². The topological polar surface area (TPSA) is 26.0 Å². The molecule has 0 aromatic carbocycles. The molecule has 0 aromatic heterocycles. The summed E-state index contributed by atoms with van der Waals surface area (Å²) in [6.45, 7) is 11.5. The summed E-state index contributed by atoms with van der Waals surface area (Å²) in [4.78, 5) is 0. The summed E-state index contributed by atoms with van der Waals surface area (Å²) in [7, 11) is 0. The molecular weight excluding hydrogens is 194 g/mol. The fourth-order valence-corrected chi connectivity index (χ4v) is 3.07. The highest BCUT2D eigenvalue weighted by molar-refractivity contribution is 4.91. The Bertz CT molecular complexity index is 165. The van der Waals surface area contributed by atoms with Crippen molar-refractivity contribution >= 4 is 0 Å². The molecule has 1 nitrogen and oxygen atoms in total. The predicted molar refractivity (Wildman–Crippen MR) is 74.6 cm³/mol. The van der Waals surface area contributed by atoms with E-state index in [1.54, 1.807) is 0 Å². The molecule has 0 amide bonds. The zero-order valence-electron chi connectivity index (χ0n) is 12.2. The minimum atomic E-state index is 0.390. The molecule has 0 bridgehead atoms. The summed E-state index contributed by atoms with van der Waals surface area (Å²) in [6, 6.07) is 0.393. The highest BCUT2D eigenvalue weighted by atomic mass is 14.7. The molecule has 98 valence electrons. The molecule has 16 heavy (non-hydrogen) atoms. The van der Waals surface area contributed by atoms with Crippen molar-refractivity contribution < 1.29 is 0 Å². The molecule has 2 N–H and O–H groups in total. The molecule has 0 heterocycles. The lowest BCUT2D eigenvalue weighted by Gasteiger charge is -2.43. The van der Waals surface area contributed by atoms with E-state index in [9.17, 15) is 0 Å². The zero-order chi connectivity index (χ0) is 12.6. The van der Waals surface area contributed by atoms with Crippen LogP contribution in [0.4, 0.5) is 0 Å². The Balaban J connectivity index is 4.76. The van der Waals surface area contributed by atoms with Crippen LogP contribution in [-0.2, 0) is 0 Å². The first-order valence-electron chi connectivity index (χ1n) is 7.30. The van der Waals surface area contributed by atoms with Gasteiger partial charge in [0.2, 0.25) is 0 Å². The van der Waals surface area contributed by atoms with Crippen LogP contribution in [-0.4, -0.2) is 6.04 Å². The van der Waals surface area contributed by atoms with Crippen LogP contribution >= 0.6 is 0 Å². The molecule has 1 heteroatoms. The number of unbranched alkanes of at least 4 members (excludes halogenated alkanes) is 1. The van der Waals surface area contributed by atoms with Crippen LogP contribution in [0.25, 0.3) is 0 Å². The van der Waals surface area contributed by atoms with Gasteiger partial charge >= 0.3 is 0 Å². The van der Waals surface area contributed by atoms with Gasteiger partial charge in [-0.15, -0.1) is 0 Å². The van der Waals surface area contributed by atoms with E-state index in [1.807, 2.05) is 0 Å². The predicted octanol–water partition coefficient (Wildman–Crippen LogP) is 4.75. The monoisotopic (exact) mass is 227 g/mol. The lowest BCUT2D eigenvalue weighted by atomic mass is 9.64. The maximum atomic E-state index is 6.49. The number of nitrogens with two attached hydrogens (primary N) is 1. The molecule has 2 atom stereocenters. The minimum Gasteiger partial charge on any atom is -0.327 e. The third kappa shape index (κ3) is 4.08. The average molecular weight is 227 g/mol. The van der Waals surface area contributed by atoms with Crippen LogP contribution in [0, 0.1) is 11.3 Å². The molecule has 0 aliphatic heterocycles. The highest BCUT2D eigenvalue weighted by Gasteiger charge is 2.37. The van der Waals surface area contributed by atoms with Crippen molar-refractivity contribution in [3.05, 3.63) is 0 Å². The summed E-state index contributed by atoms with van der Waals surface area (Å²) < 4.78 is 0. The van der Waals surface area contributed by atoms with Crippen LogP contribution in [0.5, 0.6) is 0 Å². The van der Waals surface area contributed by atoms with E-state index in [1.165, 1.54) is 44.9 Å². The summed E-state index contributed by atoms with van der Waals surface area (Å²) in [5, 5.41) is 0. The van der Waals surface area contributed by atoms with Gasteiger partial charge in [-0.25, -0.2) is 0 Å². The Morgan fingerprint density at radius 1 is 0.938 bits per heavy atom. The van der Waals surface area contributed by atoms with Gasteiger partial charge in [-0.05, 0) is 30.6 Å². The van der Waals surface area contributed by atoms with Gasteiger partial charge < -0.3 is 5.73 Å². The Labute approximate surface area is 103 Å². The Morgan fingerprint density at radius 3 is 1.94 bits per heavy atom. The van der Waals surface area contributed by atoms with E-state index in [4.69, 9.17) is 5.73 Å². The summed E-state index contributed by atoms with van der Waals surface area (Å²) in [6.07, 6.45) is 8.89. The van der Waals surface area contributed by atoms with E-state index < -0.39 is 0 Å². The summed E-state index contributed by atoms with van der Waals surface area (Å²) in [5.41, 5.74) is 6.88. The van der Waals surface area contributed by atoms with Gasteiger partial charge in [0.25, 0.3) is 0 Å². The first-order valence-corrected chi connectivity index (χ1v) is 7.30. The van der Waals surface area contributed by atoms with Crippen LogP contribution in [0.2, 0.25) is 0 Å². The molecule has 0 fully saturated rings. The number of hydrogen-bond donors (Lipinski definition) is 1. The quantitative estimate of drug-likeness (QED) is 0.604. The number of hydrogen-bond acceptors (Lipinski definition) is 1. The van der Waals surface area contributed by atoms with E-state index >= 15 is 0 Å². The fraction of sp³-hybridized carbons (Fsp3) is 1.00. The molecule has 0 spiro atoms. The smallest absolute Gasteiger partial charge is 0.00979 e. The van der Waals surface area contributed by atoms with Crippen molar-refractivity contribution in [2.24, 2.45) is 17.1 Å². The maximum absolute atomic E-state index is 6.49. The highest BCUT2D eigenvalue weighted by Crippen LogP contribution is 2.42. The van der Waals surface area contributed by atoms with E-state index in [0.717, 1.165) is 0 Å². The fourth-order valence-electron chi connectivity index (χ4n) is 3.07. The Hall–Kier alpha value is -0.0400. The van der Waals surface area contributed by atoms with E-state index in [-0.39, 0.29) is 0 Å². The minimum absolute atomic E-state index is 0.390. The second-order valence-electron chi connectivity index (χ2n) is 5.64. The van der Waals surface area contributed by atoms with Crippen molar-refractivity contribution in [2.45, 2.75) is 85.6 Å². The average Bonchev–Trinajstić information content (AvgIpc) is 2.24. The molecule has 0 aliphatic carbocycles. The van der Waals surface area contributed by atoms with Crippen LogP contribution in [0.3, 0.4) is 0 Å². The summed E-state index contributed by atoms with van der Waals surface area (Å²) in [5.74, 6) is 0.709.